The highest BCUT2D eigenvalue weighted by atomic mass is 16.4. The summed E-state index contributed by atoms with van der Waals surface area (Å²) in [7, 11) is 0. The predicted octanol–water partition coefficient (Wildman–Crippen LogP) is 1.75. The number of azide groups is 1. The monoisotopic (exact) mass is 276 g/mol. The van der Waals surface area contributed by atoms with E-state index in [-0.39, 0.29) is 41.8 Å². The zero-order valence-corrected chi connectivity index (χ0v) is 10.4. The lowest BCUT2D eigenvalue weighted by molar-refractivity contribution is -0.117. The molecule has 0 spiro atoms. The first kappa shape index (κ1) is 13.7. The Morgan fingerprint density at radius 2 is 2.30 bits per heavy atom. The number of carbonyl (C=O) groups is 2. The molecule has 0 radical (unpaired) electrons. The van der Waals surface area contributed by atoms with Crippen molar-refractivity contribution in [2.75, 3.05) is 18.0 Å². The molecule has 0 bridgehead atoms. The number of amides is 1. The van der Waals surface area contributed by atoms with Crippen molar-refractivity contribution in [2.24, 2.45) is 11.0 Å². The van der Waals surface area contributed by atoms with E-state index < -0.39 is 5.97 Å². The number of nitrogens with zero attached hydrogens (tertiary/aromatic N) is 4. The number of aromatic carboxylic acids is 1. The summed E-state index contributed by atoms with van der Waals surface area (Å²) in [5.41, 5.74) is 8.38. The molecule has 1 heterocycles. The quantitative estimate of drug-likeness (QED) is 0.493. The van der Waals surface area contributed by atoms with E-state index in [1.165, 1.54) is 17.0 Å². The molecule has 2 rings (SSSR count). The van der Waals surface area contributed by atoms with Gasteiger partial charge in [-0.05, 0) is 29.6 Å². The van der Waals surface area contributed by atoms with Gasteiger partial charge in [-0.3, -0.25) is 4.79 Å². The smallest absolute Gasteiger partial charge is 0.337 e. The van der Waals surface area contributed by atoms with E-state index in [2.05, 4.69) is 10.0 Å². The van der Waals surface area contributed by atoms with Crippen molar-refractivity contribution in [3.63, 3.8) is 0 Å². The van der Waals surface area contributed by atoms with Gasteiger partial charge >= 0.3 is 5.97 Å². The number of carbonyl (C=O) groups excluding carboxylic acids is 1. The van der Waals surface area contributed by atoms with Crippen LogP contribution in [0.15, 0.2) is 23.3 Å². The maximum Gasteiger partial charge on any atom is 0.337 e. The van der Waals surface area contributed by atoms with Gasteiger partial charge in [0, 0.05) is 24.4 Å². The first-order valence-electron chi connectivity index (χ1n) is 5.90. The number of aromatic hydroxyl groups is 1. The Labute approximate surface area is 113 Å². The van der Waals surface area contributed by atoms with Gasteiger partial charge in [-0.2, -0.15) is 0 Å². The normalized spacial score (nSPS) is 17.9. The summed E-state index contributed by atoms with van der Waals surface area (Å²) >= 11 is 0. The summed E-state index contributed by atoms with van der Waals surface area (Å²) in [6.07, 6.45) is 0.207. The summed E-state index contributed by atoms with van der Waals surface area (Å²) in [5.74, 6) is -1.75. The lowest BCUT2D eigenvalue weighted by atomic mass is 10.1. The molecular weight excluding hydrogens is 264 g/mol. The third-order valence-corrected chi connectivity index (χ3v) is 3.11. The largest absolute Gasteiger partial charge is 0.508 e. The van der Waals surface area contributed by atoms with Gasteiger partial charge in [-0.1, -0.05) is 5.11 Å². The fourth-order valence-electron chi connectivity index (χ4n) is 2.22. The third-order valence-electron chi connectivity index (χ3n) is 3.11. The molecule has 1 saturated heterocycles. The number of carboxylic acids is 1. The fraction of sp³-hybridized carbons (Fsp3) is 0.333. The molecule has 8 nitrogen and oxygen atoms in total. The number of hydrogen-bond donors (Lipinski definition) is 2. The molecule has 0 saturated carbocycles. The van der Waals surface area contributed by atoms with Crippen LogP contribution in [0.2, 0.25) is 0 Å². The Bertz CT molecular complexity index is 609. The van der Waals surface area contributed by atoms with Crippen LogP contribution in [0.3, 0.4) is 0 Å². The molecule has 1 aliphatic rings. The number of anilines is 1. The molecule has 8 heteroatoms. The van der Waals surface area contributed by atoms with Crippen molar-refractivity contribution in [1.82, 2.24) is 0 Å². The van der Waals surface area contributed by atoms with Crippen LogP contribution in [0.4, 0.5) is 5.69 Å². The highest BCUT2D eigenvalue weighted by Crippen LogP contribution is 2.30. The Hall–Kier alpha value is -2.73. The van der Waals surface area contributed by atoms with Gasteiger partial charge in [0.1, 0.15) is 5.75 Å². The molecule has 1 aromatic carbocycles. The highest BCUT2D eigenvalue weighted by molar-refractivity contribution is 6.03. The van der Waals surface area contributed by atoms with Crippen LogP contribution in [0.25, 0.3) is 10.4 Å². The SMILES string of the molecule is [N-]=[N+]=NCC1CC(=O)N(c2ccc(O)cc2C(=O)O)C1. The summed E-state index contributed by atoms with van der Waals surface area (Å²) < 4.78 is 0. The highest BCUT2D eigenvalue weighted by Gasteiger charge is 2.32. The van der Waals surface area contributed by atoms with Crippen LogP contribution in [-0.2, 0) is 4.79 Å². The molecule has 1 unspecified atom stereocenters. The molecule has 0 aromatic heterocycles. The molecule has 104 valence electrons. The second kappa shape index (κ2) is 5.50. The van der Waals surface area contributed by atoms with Crippen molar-refractivity contribution in [3.05, 3.63) is 34.2 Å². The van der Waals surface area contributed by atoms with Gasteiger partial charge < -0.3 is 15.1 Å². The van der Waals surface area contributed by atoms with Gasteiger partial charge in [-0.15, -0.1) is 0 Å². The van der Waals surface area contributed by atoms with Crippen LogP contribution in [0.1, 0.15) is 16.8 Å². The molecule has 1 aliphatic heterocycles. The molecule has 1 atom stereocenters. The van der Waals surface area contributed by atoms with E-state index in [1.54, 1.807) is 0 Å². The van der Waals surface area contributed by atoms with E-state index in [4.69, 9.17) is 10.6 Å². The van der Waals surface area contributed by atoms with Crippen LogP contribution in [-0.4, -0.2) is 35.2 Å². The van der Waals surface area contributed by atoms with E-state index in [9.17, 15) is 14.7 Å². The van der Waals surface area contributed by atoms with E-state index >= 15 is 0 Å². The number of phenolic OH excluding ortho intramolecular Hbond substituents is 1. The fourth-order valence-corrected chi connectivity index (χ4v) is 2.22. The van der Waals surface area contributed by atoms with Gasteiger partial charge in [-0.25, -0.2) is 4.79 Å². The first-order valence-corrected chi connectivity index (χ1v) is 5.90. The Kier molecular flexibility index (Phi) is 3.76. The van der Waals surface area contributed by atoms with Gasteiger partial charge in [0.15, 0.2) is 0 Å². The maximum absolute atomic E-state index is 11.9. The second-order valence-electron chi connectivity index (χ2n) is 4.49. The maximum atomic E-state index is 11.9. The van der Waals surface area contributed by atoms with Crippen molar-refractivity contribution < 1.29 is 19.8 Å². The van der Waals surface area contributed by atoms with E-state index in [1.807, 2.05) is 0 Å². The Morgan fingerprint density at radius 1 is 1.55 bits per heavy atom. The molecule has 2 N–H and O–H groups in total. The predicted molar refractivity (Wildman–Crippen MR) is 69.5 cm³/mol. The molecule has 20 heavy (non-hydrogen) atoms. The lowest BCUT2D eigenvalue weighted by Crippen LogP contribution is -2.26. The van der Waals surface area contributed by atoms with E-state index in [0.717, 1.165) is 6.07 Å². The number of rotatable bonds is 4. The minimum Gasteiger partial charge on any atom is -0.508 e. The first-order chi connectivity index (χ1) is 9.52. The van der Waals surface area contributed by atoms with Crippen molar-refractivity contribution in [1.29, 1.82) is 0 Å². The summed E-state index contributed by atoms with van der Waals surface area (Å²) in [5, 5.41) is 21.9. The molecule has 1 amide bonds. The van der Waals surface area contributed by atoms with Crippen molar-refractivity contribution in [2.45, 2.75) is 6.42 Å². The third kappa shape index (κ3) is 2.65. The topological polar surface area (TPSA) is 127 Å². The lowest BCUT2D eigenvalue weighted by Gasteiger charge is -2.18. The zero-order chi connectivity index (χ0) is 14.7. The van der Waals surface area contributed by atoms with Crippen molar-refractivity contribution in [3.8, 4) is 5.75 Å². The van der Waals surface area contributed by atoms with Crippen molar-refractivity contribution >= 4 is 17.6 Å². The Balaban J connectivity index is 2.30. The molecular formula is C12H12N4O4. The van der Waals surface area contributed by atoms with E-state index in [0.29, 0.717) is 6.54 Å². The van der Waals surface area contributed by atoms with Gasteiger partial charge in [0.2, 0.25) is 5.91 Å². The number of hydrogen-bond acceptors (Lipinski definition) is 4. The minimum absolute atomic E-state index is 0.131. The Morgan fingerprint density at radius 3 is 2.95 bits per heavy atom. The minimum atomic E-state index is -1.22. The number of benzene rings is 1. The molecule has 1 fully saturated rings. The zero-order valence-electron chi connectivity index (χ0n) is 10.4. The summed E-state index contributed by atoms with van der Waals surface area (Å²) in [4.78, 5) is 27.1. The van der Waals surface area contributed by atoms with Crippen LogP contribution in [0, 0.1) is 5.92 Å². The summed E-state index contributed by atoms with van der Waals surface area (Å²) in [6.45, 7) is 0.488. The number of carboxylic acid groups (broad SMARTS) is 1. The van der Waals surface area contributed by atoms with Crippen LogP contribution >= 0.6 is 0 Å². The second-order valence-corrected chi connectivity index (χ2v) is 4.49. The average Bonchev–Trinajstić information content (AvgIpc) is 2.77. The van der Waals surface area contributed by atoms with Gasteiger partial charge in [0.05, 0.1) is 11.3 Å². The van der Waals surface area contributed by atoms with Crippen LogP contribution < -0.4 is 4.90 Å². The molecule has 0 aliphatic carbocycles. The molecule has 1 aromatic rings. The van der Waals surface area contributed by atoms with Crippen LogP contribution in [0.5, 0.6) is 5.75 Å². The number of phenols is 1. The summed E-state index contributed by atoms with van der Waals surface area (Å²) in [6, 6.07) is 3.83. The standard InChI is InChI=1S/C12H12N4O4/c13-15-14-5-7-3-11(18)16(6-7)10-2-1-8(17)4-9(10)12(19)20/h1-2,4,7,17H,3,5-6H2,(H,19,20). The average molecular weight is 276 g/mol. The van der Waals surface area contributed by atoms with Gasteiger partial charge in [0.25, 0.3) is 0 Å².